The maximum Gasteiger partial charge on any atom is 0.0564 e. The smallest absolute Gasteiger partial charge is 0.0564 e. The standard InChI is InChI=1S/C14H26N2S/c1-10(2)8-11(3)16(5)13(9-15)14-7-6-12(4)17-14/h6-7,10-11,13H,8-9,15H2,1-5H3. The summed E-state index contributed by atoms with van der Waals surface area (Å²) in [4.78, 5) is 5.18. The van der Waals surface area contributed by atoms with Gasteiger partial charge in [0.05, 0.1) is 6.04 Å². The largest absolute Gasteiger partial charge is 0.329 e. The molecule has 0 amide bonds. The van der Waals surface area contributed by atoms with Crippen LogP contribution in [-0.2, 0) is 0 Å². The summed E-state index contributed by atoms with van der Waals surface area (Å²) in [7, 11) is 2.19. The Morgan fingerprint density at radius 3 is 2.35 bits per heavy atom. The van der Waals surface area contributed by atoms with Gasteiger partial charge in [0.2, 0.25) is 0 Å². The second-order valence-corrected chi connectivity index (χ2v) is 6.66. The first kappa shape index (κ1) is 14.7. The Hall–Kier alpha value is -0.380. The summed E-state index contributed by atoms with van der Waals surface area (Å²) >= 11 is 1.86. The van der Waals surface area contributed by atoms with Crippen LogP contribution in [0.4, 0.5) is 0 Å². The maximum atomic E-state index is 5.95. The van der Waals surface area contributed by atoms with Crippen LogP contribution < -0.4 is 5.73 Å². The summed E-state index contributed by atoms with van der Waals surface area (Å²) in [5, 5.41) is 0. The molecule has 2 nitrogen and oxygen atoms in total. The summed E-state index contributed by atoms with van der Waals surface area (Å²) in [6.07, 6.45) is 1.22. The fourth-order valence-corrected chi connectivity index (χ4v) is 3.31. The van der Waals surface area contributed by atoms with Gasteiger partial charge in [-0.05, 0) is 45.4 Å². The van der Waals surface area contributed by atoms with E-state index in [2.05, 4.69) is 51.8 Å². The molecule has 0 saturated carbocycles. The van der Waals surface area contributed by atoms with Gasteiger partial charge in [0.25, 0.3) is 0 Å². The number of nitrogens with two attached hydrogens (primary N) is 1. The fourth-order valence-electron chi connectivity index (χ4n) is 2.27. The lowest BCUT2D eigenvalue weighted by Crippen LogP contribution is -2.37. The van der Waals surface area contributed by atoms with E-state index >= 15 is 0 Å². The second kappa shape index (κ2) is 6.53. The highest BCUT2D eigenvalue weighted by Crippen LogP contribution is 2.28. The van der Waals surface area contributed by atoms with E-state index in [1.807, 2.05) is 11.3 Å². The van der Waals surface area contributed by atoms with Crippen molar-refractivity contribution >= 4 is 11.3 Å². The average Bonchev–Trinajstić information content (AvgIpc) is 2.64. The summed E-state index contributed by atoms with van der Waals surface area (Å²) in [6, 6.07) is 5.34. The van der Waals surface area contributed by atoms with Gasteiger partial charge >= 0.3 is 0 Å². The second-order valence-electron chi connectivity index (χ2n) is 5.34. The molecule has 17 heavy (non-hydrogen) atoms. The van der Waals surface area contributed by atoms with E-state index in [1.54, 1.807) is 0 Å². The molecule has 0 fully saturated rings. The van der Waals surface area contributed by atoms with E-state index in [0.29, 0.717) is 18.6 Å². The molecule has 0 radical (unpaired) electrons. The molecule has 0 aliphatic heterocycles. The van der Waals surface area contributed by atoms with Gasteiger partial charge in [-0.3, -0.25) is 4.90 Å². The molecule has 3 heteroatoms. The van der Waals surface area contributed by atoms with Crippen LogP contribution in [0.2, 0.25) is 0 Å². The molecule has 2 unspecified atom stereocenters. The topological polar surface area (TPSA) is 29.3 Å². The average molecular weight is 254 g/mol. The molecule has 1 heterocycles. The molecule has 0 bridgehead atoms. The number of likely N-dealkylation sites (N-methyl/N-ethyl adjacent to an activating group) is 1. The van der Waals surface area contributed by atoms with Gasteiger partial charge in [-0.1, -0.05) is 13.8 Å². The number of nitrogens with zero attached hydrogens (tertiary/aromatic N) is 1. The number of thiophene rings is 1. The molecule has 98 valence electrons. The summed E-state index contributed by atoms with van der Waals surface area (Å²) in [5.74, 6) is 0.732. The Morgan fingerprint density at radius 2 is 1.94 bits per heavy atom. The highest BCUT2D eigenvalue weighted by Gasteiger charge is 2.21. The van der Waals surface area contributed by atoms with Crippen LogP contribution in [0.3, 0.4) is 0 Å². The SMILES string of the molecule is Cc1ccc(C(CN)N(C)C(C)CC(C)C)s1. The first-order chi connectivity index (χ1) is 7.95. The Bertz CT molecular complexity index is 333. The molecular formula is C14H26N2S. The van der Waals surface area contributed by atoms with Crippen molar-refractivity contribution < 1.29 is 0 Å². The molecule has 2 N–H and O–H groups in total. The molecular weight excluding hydrogens is 228 g/mol. The van der Waals surface area contributed by atoms with Crippen LogP contribution in [0.15, 0.2) is 12.1 Å². The Labute approximate surface area is 110 Å². The van der Waals surface area contributed by atoms with E-state index in [9.17, 15) is 0 Å². The monoisotopic (exact) mass is 254 g/mol. The molecule has 0 spiro atoms. The predicted molar refractivity (Wildman–Crippen MR) is 77.5 cm³/mol. The molecule has 2 atom stereocenters. The quantitative estimate of drug-likeness (QED) is 0.843. The lowest BCUT2D eigenvalue weighted by molar-refractivity contribution is 0.171. The van der Waals surface area contributed by atoms with Crippen LogP contribution in [0.5, 0.6) is 0 Å². The first-order valence-electron chi connectivity index (χ1n) is 6.44. The molecule has 0 aliphatic rings. The van der Waals surface area contributed by atoms with Crippen LogP contribution >= 0.6 is 11.3 Å². The number of aryl methyl sites for hydroxylation is 1. The number of hydrogen-bond acceptors (Lipinski definition) is 3. The van der Waals surface area contributed by atoms with Crippen LogP contribution in [0.25, 0.3) is 0 Å². The van der Waals surface area contributed by atoms with Gasteiger partial charge < -0.3 is 5.73 Å². The predicted octanol–water partition coefficient (Wildman–Crippen LogP) is 3.42. The number of rotatable bonds is 6. The number of hydrogen-bond donors (Lipinski definition) is 1. The third kappa shape index (κ3) is 4.09. The molecule has 0 saturated heterocycles. The minimum absolute atomic E-state index is 0.363. The Balaban J connectivity index is 2.73. The lowest BCUT2D eigenvalue weighted by atomic mass is 10.0. The molecule has 1 aromatic heterocycles. The van der Waals surface area contributed by atoms with Gasteiger partial charge in [-0.15, -0.1) is 11.3 Å². The van der Waals surface area contributed by atoms with Crippen LogP contribution in [0, 0.1) is 12.8 Å². The minimum Gasteiger partial charge on any atom is -0.329 e. The van der Waals surface area contributed by atoms with Crippen molar-refractivity contribution in [2.45, 2.75) is 46.2 Å². The normalized spacial score (nSPS) is 15.5. The van der Waals surface area contributed by atoms with Gasteiger partial charge in [0.1, 0.15) is 0 Å². The van der Waals surface area contributed by atoms with E-state index in [1.165, 1.54) is 16.2 Å². The zero-order chi connectivity index (χ0) is 13.0. The third-order valence-corrected chi connectivity index (χ3v) is 4.41. The fraction of sp³-hybridized carbons (Fsp3) is 0.714. The Morgan fingerprint density at radius 1 is 1.29 bits per heavy atom. The molecule has 1 rings (SSSR count). The highest BCUT2D eigenvalue weighted by atomic mass is 32.1. The van der Waals surface area contributed by atoms with Gasteiger partial charge in [-0.2, -0.15) is 0 Å². The van der Waals surface area contributed by atoms with E-state index in [4.69, 9.17) is 5.73 Å². The van der Waals surface area contributed by atoms with Crippen molar-refractivity contribution in [2.75, 3.05) is 13.6 Å². The van der Waals surface area contributed by atoms with Crippen molar-refractivity contribution in [1.29, 1.82) is 0 Å². The van der Waals surface area contributed by atoms with Crippen molar-refractivity contribution in [3.8, 4) is 0 Å². The first-order valence-corrected chi connectivity index (χ1v) is 7.25. The minimum atomic E-state index is 0.363. The molecule has 0 aromatic carbocycles. The van der Waals surface area contributed by atoms with Gasteiger partial charge in [-0.25, -0.2) is 0 Å². The van der Waals surface area contributed by atoms with Crippen molar-refractivity contribution in [3.05, 3.63) is 21.9 Å². The summed E-state index contributed by atoms with van der Waals surface area (Å²) in [5.41, 5.74) is 5.95. The Kier molecular flexibility index (Phi) is 5.63. The van der Waals surface area contributed by atoms with E-state index < -0.39 is 0 Å². The molecule has 1 aromatic rings. The lowest BCUT2D eigenvalue weighted by Gasteiger charge is -2.32. The van der Waals surface area contributed by atoms with Crippen LogP contribution in [0.1, 0.15) is 43.0 Å². The maximum absolute atomic E-state index is 5.95. The third-order valence-electron chi connectivity index (χ3n) is 3.31. The molecule has 0 aliphatic carbocycles. The van der Waals surface area contributed by atoms with E-state index in [0.717, 1.165) is 5.92 Å². The van der Waals surface area contributed by atoms with Crippen LogP contribution in [-0.4, -0.2) is 24.5 Å². The van der Waals surface area contributed by atoms with Crippen molar-refractivity contribution in [2.24, 2.45) is 11.7 Å². The van der Waals surface area contributed by atoms with E-state index in [-0.39, 0.29) is 0 Å². The van der Waals surface area contributed by atoms with Gasteiger partial charge in [0.15, 0.2) is 0 Å². The van der Waals surface area contributed by atoms with Crippen molar-refractivity contribution in [3.63, 3.8) is 0 Å². The summed E-state index contributed by atoms with van der Waals surface area (Å²) < 4.78 is 0. The van der Waals surface area contributed by atoms with Gasteiger partial charge in [0, 0.05) is 22.3 Å². The summed E-state index contributed by atoms with van der Waals surface area (Å²) in [6.45, 7) is 9.69. The zero-order valence-corrected chi connectivity index (χ0v) is 12.6. The zero-order valence-electron chi connectivity index (χ0n) is 11.7. The van der Waals surface area contributed by atoms with Crippen molar-refractivity contribution in [1.82, 2.24) is 4.90 Å². The highest BCUT2D eigenvalue weighted by molar-refractivity contribution is 7.12.